The molecule has 0 aliphatic rings. The van der Waals surface area contributed by atoms with Crippen LogP contribution in [-0.4, -0.2) is 23.1 Å². The molecule has 1 unspecified atom stereocenters. The van der Waals surface area contributed by atoms with Gasteiger partial charge in [-0.2, -0.15) is 0 Å². The molecule has 4 heteroatoms. The van der Waals surface area contributed by atoms with Crippen LogP contribution in [0.25, 0.3) is 0 Å². The number of rotatable bonds is 10. The van der Waals surface area contributed by atoms with Crippen LogP contribution in [0.15, 0.2) is 24.3 Å². The highest BCUT2D eigenvalue weighted by molar-refractivity contribution is 6.02. The smallest absolute Gasteiger partial charge is 0.339 e. The van der Waals surface area contributed by atoms with E-state index in [1.54, 1.807) is 12.1 Å². The van der Waals surface area contributed by atoms with Crippen molar-refractivity contribution in [1.29, 1.82) is 0 Å². The van der Waals surface area contributed by atoms with Gasteiger partial charge in [-0.15, -0.1) is 0 Å². The minimum Gasteiger partial charge on any atom is -0.478 e. The molecule has 1 rings (SSSR count). The van der Waals surface area contributed by atoms with Gasteiger partial charge in [-0.25, -0.2) is 9.59 Å². The summed E-state index contributed by atoms with van der Waals surface area (Å²) in [6.45, 7) is 8.39. The first-order chi connectivity index (χ1) is 11.4. The van der Waals surface area contributed by atoms with Crippen LogP contribution in [0, 0.1) is 5.41 Å². The summed E-state index contributed by atoms with van der Waals surface area (Å²) < 4.78 is 5.68. The van der Waals surface area contributed by atoms with Crippen molar-refractivity contribution < 1.29 is 19.4 Å². The molecule has 0 saturated carbocycles. The van der Waals surface area contributed by atoms with Gasteiger partial charge in [0.1, 0.15) is 6.10 Å². The van der Waals surface area contributed by atoms with Crippen molar-refractivity contribution >= 4 is 11.9 Å². The number of carboxylic acid groups (broad SMARTS) is 1. The van der Waals surface area contributed by atoms with E-state index in [1.165, 1.54) is 12.1 Å². The van der Waals surface area contributed by atoms with E-state index in [1.807, 2.05) is 6.92 Å². The minimum atomic E-state index is -1.12. The SMILES string of the molecule is CCCCC(C)(CCCC)C(C)OC(=O)c1ccccc1C(=O)O. The van der Waals surface area contributed by atoms with E-state index in [-0.39, 0.29) is 22.6 Å². The molecule has 0 fully saturated rings. The number of carboxylic acids is 1. The van der Waals surface area contributed by atoms with Gasteiger partial charge in [0, 0.05) is 5.41 Å². The van der Waals surface area contributed by atoms with Gasteiger partial charge in [-0.05, 0) is 31.9 Å². The lowest BCUT2D eigenvalue weighted by atomic mass is 9.76. The lowest BCUT2D eigenvalue weighted by Gasteiger charge is -2.35. The molecule has 1 atom stereocenters. The van der Waals surface area contributed by atoms with Gasteiger partial charge in [0.15, 0.2) is 0 Å². The molecule has 0 spiro atoms. The summed E-state index contributed by atoms with van der Waals surface area (Å²) in [7, 11) is 0. The Balaban J connectivity index is 2.91. The fourth-order valence-electron chi connectivity index (χ4n) is 2.91. The predicted molar refractivity (Wildman–Crippen MR) is 95.4 cm³/mol. The van der Waals surface area contributed by atoms with Crippen LogP contribution in [0.1, 0.15) is 86.9 Å². The van der Waals surface area contributed by atoms with Crippen LogP contribution in [0.2, 0.25) is 0 Å². The number of esters is 1. The largest absolute Gasteiger partial charge is 0.478 e. The monoisotopic (exact) mass is 334 g/mol. The van der Waals surface area contributed by atoms with Gasteiger partial charge in [-0.3, -0.25) is 0 Å². The predicted octanol–water partition coefficient (Wildman–Crippen LogP) is 5.32. The Bertz CT molecular complexity index is 542. The molecule has 0 amide bonds. The number of hydrogen-bond acceptors (Lipinski definition) is 3. The van der Waals surface area contributed by atoms with E-state index in [0.29, 0.717) is 0 Å². The molecule has 24 heavy (non-hydrogen) atoms. The Hall–Kier alpha value is -1.84. The average Bonchev–Trinajstić information content (AvgIpc) is 2.57. The number of ether oxygens (including phenoxy) is 1. The number of aromatic carboxylic acids is 1. The minimum absolute atomic E-state index is 0.0153. The number of unbranched alkanes of at least 4 members (excludes halogenated alkanes) is 2. The maximum Gasteiger partial charge on any atom is 0.339 e. The van der Waals surface area contributed by atoms with Gasteiger partial charge >= 0.3 is 11.9 Å². The van der Waals surface area contributed by atoms with Crippen molar-refractivity contribution in [3.8, 4) is 0 Å². The average molecular weight is 334 g/mol. The van der Waals surface area contributed by atoms with Crippen molar-refractivity contribution in [3.05, 3.63) is 35.4 Å². The first-order valence-electron chi connectivity index (χ1n) is 8.89. The molecule has 0 aliphatic heterocycles. The lowest BCUT2D eigenvalue weighted by molar-refractivity contribution is -0.0131. The highest BCUT2D eigenvalue weighted by atomic mass is 16.5. The zero-order valence-electron chi connectivity index (χ0n) is 15.3. The van der Waals surface area contributed by atoms with Gasteiger partial charge < -0.3 is 9.84 Å². The second-order valence-corrected chi connectivity index (χ2v) is 6.76. The Morgan fingerprint density at radius 1 is 1.08 bits per heavy atom. The summed E-state index contributed by atoms with van der Waals surface area (Å²) in [6.07, 6.45) is 6.12. The van der Waals surface area contributed by atoms with Crippen molar-refractivity contribution in [3.63, 3.8) is 0 Å². The van der Waals surface area contributed by atoms with Crippen molar-refractivity contribution in [2.24, 2.45) is 5.41 Å². The normalized spacial score (nSPS) is 12.7. The lowest BCUT2D eigenvalue weighted by Crippen LogP contribution is -2.34. The molecule has 0 aliphatic carbocycles. The van der Waals surface area contributed by atoms with Crippen LogP contribution >= 0.6 is 0 Å². The Morgan fingerprint density at radius 3 is 2.04 bits per heavy atom. The number of benzene rings is 1. The molecule has 0 heterocycles. The van der Waals surface area contributed by atoms with Gasteiger partial charge in [0.05, 0.1) is 11.1 Å². The molecular formula is C20H30O4. The first kappa shape index (κ1) is 20.2. The van der Waals surface area contributed by atoms with Gasteiger partial charge in [0.2, 0.25) is 0 Å². The van der Waals surface area contributed by atoms with E-state index in [2.05, 4.69) is 20.8 Å². The third kappa shape index (κ3) is 5.36. The van der Waals surface area contributed by atoms with Crippen LogP contribution in [0.5, 0.6) is 0 Å². The maximum atomic E-state index is 12.5. The van der Waals surface area contributed by atoms with Gasteiger partial charge in [0.25, 0.3) is 0 Å². The molecule has 0 aromatic heterocycles. The zero-order valence-corrected chi connectivity index (χ0v) is 15.3. The standard InChI is InChI=1S/C20H30O4/c1-5-7-13-20(4,14-8-6-2)15(3)24-19(23)17-12-10-9-11-16(17)18(21)22/h9-12,15H,5-8,13-14H2,1-4H3,(H,21,22). The van der Waals surface area contributed by atoms with E-state index in [0.717, 1.165) is 38.5 Å². The highest BCUT2D eigenvalue weighted by Gasteiger charge is 2.33. The highest BCUT2D eigenvalue weighted by Crippen LogP contribution is 2.36. The van der Waals surface area contributed by atoms with E-state index in [4.69, 9.17) is 4.74 Å². The van der Waals surface area contributed by atoms with Gasteiger partial charge in [-0.1, -0.05) is 58.6 Å². The summed E-state index contributed by atoms with van der Waals surface area (Å²) in [4.78, 5) is 23.8. The van der Waals surface area contributed by atoms with Crippen LogP contribution in [0.4, 0.5) is 0 Å². The Labute approximate surface area is 145 Å². The molecule has 1 aromatic rings. The molecule has 0 radical (unpaired) electrons. The van der Waals surface area contributed by atoms with Crippen LogP contribution < -0.4 is 0 Å². The van der Waals surface area contributed by atoms with E-state index in [9.17, 15) is 14.7 Å². The number of carbonyl (C=O) groups excluding carboxylic acids is 1. The summed E-state index contributed by atoms with van der Waals surface area (Å²) in [5.41, 5.74) is 0.0172. The van der Waals surface area contributed by atoms with E-state index >= 15 is 0 Å². The second kappa shape index (κ2) is 9.45. The quantitative estimate of drug-likeness (QED) is 0.588. The molecular weight excluding hydrogens is 304 g/mol. The summed E-state index contributed by atoms with van der Waals surface area (Å²) in [6, 6.07) is 6.20. The summed E-state index contributed by atoms with van der Waals surface area (Å²) >= 11 is 0. The number of hydrogen-bond donors (Lipinski definition) is 1. The fraction of sp³-hybridized carbons (Fsp3) is 0.600. The first-order valence-corrected chi connectivity index (χ1v) is 8.89. The second-order valence-electron chi connectivity index (χ2n) is 6.76. The van der Waals surface area contributed by atoms with Crippen molar-refractivity contribution in [1.82, 2.24) is 0 Å². The Kier molecular flexibility index (Phi) is 7.96. The third-order valence-electron chi connectivity index (χ3n) is 4.85. The van der Waals surface area contributed by atoms with Crippen LogP contribution in [-0.2, 0) is 4.74 Å². The van der Waals surface area contributed by atoms with Crippen molar-refractivity contribution in [2.75, 3.05) is 0 Å². The maximum absolute atomic E-state index is 12.5. The molecule has 0 bridgehead atoms. The fourth-order valence-corrected chi connectivity index (χ4v) is 2.91. The molecule has 0 saturated heterocycles. The Morgan fingerprint density at radius 2 is 1.58 bits per heavy atom. The molecule has 1 N–H and O–H groups in total. The topological polar surface area (TPSA) is 63.6 Å². The molecule has 1 aromatic carbocycles. The summed E-state index contributed by atoms with van der Waals surface area (Å²) in [5.74, 6) is -1.67. The number of carbonyl (C=O) groups is 2. The zero-order chi connectivity index (χ0) is 18.2. The van der Waals surface area contributed by atoms with E-state index < -0.39 is 11.9 Å². The molecule has 4 nitrogen and oxygen atoms in total. The van der Waals surface area contributed by atoms with Crippen molar-refractivity contribution in [2.45, 2.75) is 72.3 Å². The van der Waals surface area contributed by atoms with Crippen LogP contribution in [0.3, 0.4) is 0 Å². The third-order valence-corrected chi connectivity index (χ3v) is 4.85. The molecule has 134 valence electrons. The summed E-state index contributed by atoms with van der Waals surface area (Å²) in [5, 5.41) is 9.23.